The number of carbonyl (C=O) groups excluding carboxylic acids is 1. The molecule has 0 radical (unpaired) electrons. The average molecular weight is 640 g/mol. The van der Waals surface area contributed by atoms with Crippen molar-refractivity contribution in [1.82, 2.24) is 4.90 Å². The van der Waals surface area contributed by atoms with Crippen LogP contribution in [0.4, 0.5) is 20.2 Å². The maximum Gasteiger partial charge on any atom is 0.335 e. The number of nitrogens with one attached hydrogen (secondary N) is 2. The highest BCUT2D eigenvalue weighted by Crippen LogP contribution is 2.60. The van der Waals surface area contributed by atoms with Gasteiger partial charge in [-0.15, -0.1) is 0 Å². The van der Waals surface area contributed by atoms with Gasteiger partial charge < -0.3 is 20.5 Å². The van der Waals surface area contributed by atoms with Crippen molar-refractivity contribution in [1.29, 1.82) is 0 Å². The molecule has 7 nitrogen and oxygen atoms in total. The highest BCUT2D eigenvalue weighted by Gasteiger charge is 2.65. The lowest BCUT2D eigenvalue weighted by molar-refractivity contribution is -0.121. The summed E-state index contributed by atoms with van der Waals surface area (Å²) in [6, 6.07) is 12.8. The van der Waals surface area contributed by atoms with Gasteiger partial charge in [-0.1, -0.05) is 63.9 Å². The molecule has 1 fully saturated rings. The summed E-state index contributed by atoms with van der Waals surface area (Å²) in [6.45, 7) is 9.46. The molecule has 3 N–H and O–H groups in total. The lowest BCUT2D eigenvalue weighted by Gasteiger charge is -2.41. The number of aromatic carboxylic acids is 1. The van der Waals surface area contributed by atoms with Gasteiger partial charge in [-0.25, -0.2) is 13.6 Å². The van der Waals surface area contributed by atoms with Crippen LogP contribution in [0.3, 0.4) is 0 Å². The van der Waals surface area contributed by atoms with E-state index in [1.165, 1.54) is 31.4 Å². The first kappa shape index (κ1) is 32.7. The molecule has 4 atom stereocenters. The molecule has 2 aliphatic heterocycles. The molecule has 240 valence electrons. The van der Waals surface area contributed by atoms with Crippen molar-refractivity contribution in [2.75, 3.05) is 30.8 Å². The molecule has 1 saturated heterocycles. The van der Waals surface area contributed by atoms with Gasteiger partial charge >= 0.3 is 5.97 Å². The number of anilines is 2. The Morgan fingerprint density at radius 3 is 2.58 bits per heavy atom. The Kier molecular flexibility index (Phi) is 9.16. The zero-order valence-corrected chi connectivity index (χ0v) is 27.0. The van der Waals surface area contributed by atoms with Crippen LogP contribution in [0.2, 0.25) is 5.02 Å². The van der Waals surface area contributed by atoms with Crippen molar-refractivity contribution in [3.05, 3.63) is 87.9 Å². The van der Waals surface area contributed by atoms with Crippen molar-refractivity contribution in [2.45, 2.75) is 70.4 Å². The summed E-state index contributed by atoms with van der Waals surface area (Å²) >= 11 is 6.41. The molecule has 0 saturated carbocycles. The fourth-order valence-electron chi connectivity index (χ4n) is 7.31. The zero-order valence-electron chi connectivity index (χ0n) is 26.2. The van der Waals surface area contributed by atoms with Gasteiger partial charge in [-0.05, 0) is 72.3 Å². The molecule has 1 spiro atoms. The Hall–Kier alpha value is -3.69. The van der Waals surface area contributed by atoms with Gasteiger partial charge in [-0.2, -0.15) is 0 Å². The van der Waals surface area contributed by atoms with Crippen LogP contribution in [0.1, 0.15) is 74.4 Å². The molecule has 5 rings (SSSR count). The number of hydrogen-bond acceptors (Lipinski definition) is 5. The Balaban J connectivity index is 1.75. The van der Waals surface area contributed by atoms with Gasteiger partial charge in [0, 0.05) is 34.6 Å². The maximum atomic E-state index is 16.0. The predicted molar refractivity (Wildman–Crippen MR) is 173 cm³/mol. The fraction of sp³-hybridized carbons (Fsp3) is 0.429. The Bertz CT molecular complexity index is 1610. The molecular weight excluding hydrogens is 600 g/mol. The molecule has 1 amide bonds. The van der Waals surface area contributed by atoms with Crippen LogP contribution < -0.4 is 15.4 Å². The molecule has 3 aromatic rings. The number of nitrogens with zero attached hydrogens (tertiary/aromatic N) is 1. The predicted octanol–water partition coefficient (Wildman–Crippen LogP) is 7.70. The van der Waals surface area contributed by atoms with Crippen LogP contribution in [0, 0.1) is 17.0 Å². The Labute approximate surface area is 267 Å². The van der Waals surface area contributed by atoms with Crippen LogP contribution in [-0.2, 0) is 10.2 Å². The summed E-state index contributed by atoms with van der Waals surface area (Å²) in [5, 5.41) is 16.5. The summed E-state index contributed by atoms with van der Waals surface area (Å²) in [4.78, 5) is 28.5. The minimum atomic E-state index is -1.13. The first-order chi connectivity index (χ1) is 21.3. The molecule has 2 aliphatic rings. The largest absolute Gasteiger partial charge is 0.495 e. The number of halogens is 3. The molecule has 0 bridgehead atoms. The Morgan fingerprint density at radius 2 is 1.91 bits per heavy atom. The third-order valence-electron chi connectivity index (χ3n) is 9.14. The van der Waals surface area contributed by atoms with Crippen LogP contribution >= 0.6 is 11.6 Å². The summed E-state index contributed by atoms with van der Waals surface area (Å²) in [5.74, 6) is -4.12. The number of fused-ring (bicyclic) bond motifs is 2. The second-order valence-corrected chi connectivity index (χ2v) is 13.7. The molecule has 0 unspecified atom stereocenters. The molecular formula is C35H40ClF2N3O4. The van der Waals surface area contributed by atoms with Gasteiger partial charge in [0.1, 0.15) is 5.75 Å². The highest BCUT2D eigenvalue weighted by molar-refractivity contribution is 6.30. The summed E-state index contributed by atoms with van der Waals surface area (Å²) < 4.78 is 36.5. The molecule has 45 heavy (non-hydrogen) atoms. The second-order valence-electron chi connectivity index (χ2n) is 13.2. The summed E-state index contributed by atoms with van der Waals surface area (Å²) in [6.07, 6.45) is 2.33. The van der Waals surface area contributed by atoms with Gasteiger partial charge in [0.05, 0.1) is 24.4 Å². The topological polar surface area (TPSA) is 90.9 Å². The van der Waals surface area contributed by atoms with Gasteiger partial charge in [0.25, 0.3) is 0 Å². The highest BCUT2D eigenvalue weighted by atomic mass is 35.5. The molecule has 2 heterocycles. The molecule has 0 aliphatic carbocycles. The average Bonchev–Trinajstić information content (AvgIpc) is 3.48. The van der Waals surface area contributed by atoms with Gasteiger partial charge in [0.15, 0.2) is 11.6 Å². The van der Waals surface area contributed by atoms with Crippen LogP contribution in [-0.4, -0.2) is 54.2 Å². The number of benzene rings is 3. The Morgan fingerprint density at radius 1 is 1.16 bits per heavy atom. The monoisotopic (exact) mass is 639 g/mol. The van der Waals surface area contributed by atoms with E-state index in [0.717, 1.165) is 30.2 Å². The number of carbonyl (C=O) groups is 2. The van der Waals surface area contributed by atoms with Crippen molar-refractivity contribution in [3.63, 3.8) is 0 Å². The van der Waals surface area contributed by atoms with E-state index in [1.54, 1.807) is 12.1 Å². The first-order valence-electron chi connectivity index (χ1n) is 15.3. The van der Waals surface area contributed by atoms with E-state index in [4.69, 9.17) is 16.3 Å². The first-order valence-corrected chi connectivity index (χ1v) is 15.7. The number of hydrogen-bond donors (Lipinski definition) is 3. The number of amides is 1. The summed E-state index contributed by atoms with van der Waals surface area (Å²) in [7, 11) is 1.39. The van der Waals surface area contributed by atoms with Crippen LogP contribution in [0.15, 0.2) is 54.6 Å². The number of carboxylic acids is 1. The molecule has 3 aromatic carbocycles. The SMILES string of the molecule is CCCCN1[C@@H](CC(C)(C)C)[C@@]2(CNc3cc(Cl)ccc32)[C@@H](c2cccc(F)c2F)[C@@H]1C(=O)Nc1ccc(C(=O)O)cc1OC. The maximum absolute atomic E-state index is 16.0. The minimum absolute atomic E-state index is 0.00601. The third kappa shape index (κ3) is 6.00. The number of unbranched alkanes of at least 4 members (excludes halogenated alkanes) is 1. The zero-order chi connectivity index (χ0) is 32.7. The number of ether oxygens (including phenoxy) is 1. The van der Waals surface area contributed by atoms with Crippen molar-refractivity contribution >= 4 is 34.9 Å². The van der Waals surface area contributed by atoms with E-state index >= 15 is 8.78 Å². The second kappa shape index (κ2) is 12.6. The normalized spacial score (nSPS) is 22.7. The number of likely N-dealkylation sites (tertiary alicyclic amines) is 1. The van der Waals surface area contributed by atoms with Crippen LogP contribution in [0.25, 0.3) is 0 Å². The standard InChI is InChI=1S/C35H40ClF2N3O4/c1-6-7-15-41-28(18-34(2,3)4)35(19-39-26-17-21(36)12-13-23(26)35)29(22-9-8-10-24(37)30(22)38)31(41)32(42)40-25-14-11-20(33(43)44)16-27(25)45-5/h8-14,16-17,28-29,31,39H,6-7,15,18-19H2,1-5H3,(H,40,42)(H,43,44)/t28-,29-,31+,35-/m0/s1. The smallest absolute Gasteiger partial charge is 0.335 e. The summed E-state index contributed by atoms with van der Waals surface area (Å²) in [5.41, 5.74) is 1.14. The minimum Gasteiger partial charge on any atom is -0.495 e. The van der Waals surface area contributed by atoms with E-state index in [1.807, 2.05) is 12.1 Å². The fourth-order valence-corrected chi connectivity index (χ4v) is 7.48. The lowest BCUT2D eigenvalue weighted by atomic mass is 9.63. The molecule has 0 aromatic heterocycles. The van der Waals surface area contributed by atoms with Gasteiger partial charge in [0.2, 0.25) is 5.91 Å². The van der Waals surface area contributed by atoms with E-state index in [9.17, 15) is 14.7 Å². The number of rotatable bonds is 9. The number of carboxylic acid groups (broad SMARTS) is 1. The van der Waals surface area contributed by atoms with E-state index in [-0.39, 0.29) is 34.0 Å². The van der Waals surface area contributed by atoms with E-state index in [0.29, 0.717) is 24.5 Å². The van der Waals surface area contributed by atoms with E-state index < -0.39 is 40.9 Å². The lowest BCUT2D eigenvalue weighted by Crippen LogP contribution is -2.49. The van der Waals surface area contributed by atoms with Crippen molar-refractivity contribution < 1.29 is 28.2 Å². The quantitative estimate of drug-likeness (QED) is 0.222. The van der Waals surface area contributed by atoms with Crippen LogP contribution in [0.5, 0.6) is 5.75 Å². The third-order valence-corrected chi connectivity index (χ3v) is 9.38. The molecule has 10 heteroatoms. The number of methoxy groups -OCH3 is 1. The van der Waals surface area contributed by atoms with E-state index in [2.05, 4.69) is 43.2 Å². The van der Waals surface area contributed by atoms with Crippen molar-refractivity contribution in [2.24, 2.45) is 5.41 Å². The van der Waals surface area contributed by atoms with Gasteiger partial charge in [-0.3, -0.25) is 9.69 Å². The van der Waals surface area contributed by atoms with Crippen molar-refractivity contribution in [3.8, 4) is 5.75 Å².